The van der Waals surface area contributed by atoms with E-state index in [4.69, 9.17) is 4.74 Å². The molecule has 0 saturated heterocycles. The van der Waals surface area contributed by atoms with Crippen molar-refractivity contribution in [2.75, 3.05) is 11.4 Å². The van der Waals surface area contributed by atoms with Gasteiger partial charge in [0, 0.05) is 6.54 Å². The summed E-state index contributed by atoms with van der Waals surface area (Å²) in [5.41, 5.74) is -4.12. The van der Waals surface area contributed by atoms with Crippen LogP contribution in [0.4, 0.5) is 28.0 Å². The lowest BCUT2D eigenvalue weighted by Crippen LogP contribution is -2.46. The summed E-state index contributed by atoms with van der Waals surface area (Å²) in [6, 6.07) is 0. The highest BCUT2D eigenvalue weighted by atomic mass is 19.4. The van der Waals surface area contributed by atoms with Crippen LogP contribution in [0.15, 0.2) is 12.4 Å². The molecule has 136 valence electrons. The topological polar surface area (TPSA) is 59.7 Å². The van der Waals surface area contributed by atoms with Gasteiger partial charge in [0.05, 0.1) is 23.8 Å². The number of carbonyl (C=O) groups is 1. The van der Waals surface area contributed by atoms with Crippen LogP contribution in [0.25, 0.3) is 5.65 Å². The maximum atomic E-state index is 13.8. The molecule has 0 fully saturated rings. The Morgan fingerprint density at radius 2 is 1.92 bits per heavy atom. The monoisotopic (exact) mass is 360 g/mol. The average Bonchev–Trinajstić information content (AvgIpc) is 2.96. The van der Waals surface area contributed by atoms with Crippen molar-refractivity contribution in [3.8, 4) is 0 Å². The molecule has 2 aromatic heterocycles. The third-order valence-corrected chi connectivity index (χ3v) is 3.99. The molecule has 1 aliphatic rings. The number of hydrogen-bond donors (Lipinski definition) is 0. The first-order valence-corrected chi connectivity index (χ1v) is 7.45. The van der Waals surface area contributed by atoms with E-state index < -0.39 is 35.6 Å². The second-order valence-electron chi connectivity index (χ2n) is 7.12. The van der Waals surface area contributed by atoms with Gasteiger partial charge in [-0.2, -0.15) is 18.3 Å². The van der Waals surface area contributed by atoms with Crippen LogP contribution >= 0.6 is 0 Å². The van der Waals surface area contributed by atoms with E-state index >= 15 is 0 Å². The minimum Gasteiger partial charge on any atom is -0.443 e. The van der Waals surface area contributed by atoms with Crippen LogP contribution < -0.4 is 4.90 Å². The molecule has 25 heavy (non-hydrogen) atoms. The van der Waals surface area contributed by atoms with Gasteiger partial charge in [-0.3, -0.25) is 4.90 Å². The van der Waals surface area contributed by atoms with Gasteiger partial charge in [-0.1, -0.05) is 0 Å². The van der Waals surface area contributed by atoms with Gasteiger partial charge in [0.2, 0.25) is 0 Å². The standard InChI is InChI=1S/C15H16F4N4O2/c1-13(2,3)25-12(24)22-7-14(4,15(17,18)19)10-9(22)6-20-11-8(16)5-21-23(10)11/h5-6H,7H2,1-4H3. The van der Waals surface area contributed by atoms with Crippen molar-refractivity contribution < 1.29 is 27.1 Å². The number of halogens is 4. The normalized spacial score (nSPS) is 20.9. The fraction of sp³-hybridized carbons (Fsp3) is 0.533. The van der Waals surface area contributed by atoms with Gasteiger partial charge in [0.1, 0.15) is 11.0 Å². The van der Waals surface area contributed by atoms with E-state index in [-0.39, 0.29) is 17.0 Å². The maximum Gasteiger partial charge on any atom is 0.414 e. The molecule has 0 aliphatic carbocycles. The molecule has 0 aromatic carbocycles. The summed E-state index contributed by atoms with van der Waals surface area (Å²) in [7, 11) is 0. The molecule has 3 rings (SSSR count). The van der Waals surface area contributed by atoms with Gasteiger partial charge in [-0.05, 0) is 27.7 Å². The van der Waals surface area contributed by atoms with E-state index in [9.17, 15) is 22.4 Å². The second kappa shape index (κ2) is 5.06. The van der Waals surface area contributed by atoms with E-state index in [1.807, 2.05) is 0 Å². The Kier molecular flexibility index (Phi) is 3.53. The van der Waals surface area contributed by atoms with Crippen LogP contribution in [0.1, 0.15) is 33.4 Å². The van der Waals surface area contributed by atoms with Crippen LogP contribution in [0.5, 0.6) is 0 Å². The molecule has 2 aromatic rings. The van der Waals surface area contributed by atoms with Gasteiger partial charge in [-0.25, -0.2) is 18.7 Å². The van der Waals surface area contributed by atoms with Gasteiger partial charge >= 0.3 is 12.3 Å². The van der Waals surface area contributed by atoms with Gasteiger partial charge in [-0.15, -0.1) is 0 Å². The highest BCUT2D eigenvalue weighted by Crippen LogP contribution is 2.50. The first kappa shape index (κ1) is 17.4. The minimum absolute atomic E-state index is 0.107. The lowest BCUT2D eigenvalue weighted by atomic mass is 9.88. The van der Waals surface area contributed by atoms with E-state index in [0.717, 1.165) is 28.7 Å². The second-order valence-corrected chi connectivity index (χ2v) is 7.12. The average molecular weight is 360 g/mol. The fourth-order valence-corrected chi connectivity index (χ4v) is 2.79. The molecule has 0 bridgehead atoms. The van der Waals surface area contributed by atoms with Crippen molar-refractivity contribution in [2.45, 2.75) is 44.9 Å². The number of amides is 1. The Balaban J connectivity index is 2.21. The number of alkyl halides is 3. The molecular formula is C15H16F4N4O2. The first-order chi connectivity index (χ1) is 11.3. The largest absolute Gasteiger partial charge is 0.443 e. The van der Waals surface area contributed by atoms with Crippen LogP contribution in [-0.2, 0) is 10.2 Å². The van der Waals surface area contributed by atoms with E-state index in [2.05, 4.69) is 10.1 Å². The Morgan fingerprint density at radius 3 is 2.48 bits per heavy atom. The zero-order valence-electron chi connectivity index (χ0n) is 14.0. The van der Waals surface area contributed by atoms with E-state index in [1.54, 1.807) is 20.8 Å². The number of rotatable bonds is 0. The lowest BCUT2D eigenvalue weighted by Gasteiger charge is -2.29. The third-order valence-electron chi connectivity index (χ3n) is 3.99. The molecule has 1 atom stereocenters. The summed E-state index contributed by atoms with van der Waals surface area (Å²) in [4.78, 5) is 17.0. The summed E-state index contributed by atoms with van der Waals surface area (Å²) in [6.45, 7) is 5.05. The third kappa shape index (κ3) is 2.59. The first-order valence-electron chi connectivity index (χ1n) is 7.45. The summed E-state index contributed by atoms with van der Waals surface area (Å²) < 4.78 is 61.1. The molecule has 0 N–H and O–H groups in total. The van der Waals surface area contributed by atoms with Crippen molar-refractivity contribution in [3.05, 3.63) is 23.9 Å². The highest BCUT2D eigenvalue weighted by molar-refractivity contribution is 5.91. The smallest absolute Gasteiger partial charge is 0.414 e. The number of anilines is 1. The van der Waals surface area contributed by atoms with Crippen LogP contribution in [0.3, 0.4) is 0 Å². The highest BCUT2D eigenvalue weighted by Gasteiger charge is 2.61. The number of fused-ring (bicyclic) bond motifs is 3. The van der Waals surface area contributed by atoms with Gasteiger partial charge < -0.3 is 4.74 Å². The predicted octanol–water partition coefficient (Wildman–Crippen LogP) is 3.44. The molecule has 6 nitrogen and oxygen atoms in total. The number of ether oxygens (including phenoxy) is 1. The van der Waals surface area contributed by atoms with Gasteiger partial charge in [0.25, 0.3) is 0 Å². The molecule has 0 spiro atoms. The van der Waals surface area contributed by atoms with Crippen molar-refractivity contribution in [1.29, 1.82) is 0 Å². The van der Waals surface area contributed by atoms with E-state index in [1.165, 1.54) is 0 Å². The Labute approximate surface area is 140 Å². The van der Waals surface area contributed by atoms with Crippen LogP contribution in [-0.4, -0.2) is 39.0 Å². The zero-order chi connectivity index (χ0) is 18.8. The molecule has 3 heterocycles. The summed E-state index contributed by atoms with van der Waals surface area (Å²) in [5, 5.41) is 3.67. The summed E-state index contributed by atoms with van der Waals surface area (Å²) in [6.07, 6.45) is -3.81. The molecule has 1 aliphatic heterocycles. The number of nitrogens with zero attached hydrogens (tertiary/aromatic N) is 4. The molecule has 0 saturated carbocycles. The van der Waals surface area contributed by atoms with Crippen molar-refractivity contribution >= 4 is 17.4 Å². The molecule has 0 radical (unpaired) electrons. The van der Waals surface area contributed by atoms with Crippen LogP contribution in [0, 0.1) is 5.82 Å². The summed E-state index contributed by atoms with van der Waals surface area (Å²) >= 11 is 0. The number of carbonyl (C=O) groups excluding carboxylic acids is 1. The van der Waals surface area contributed by atoms with Crippen molar-refractivity contribution in [2.24, 2.45) is 0 Å². The summed E-state index contributed by atoms with van der Waals surface area (Å²) in [5.74, 6) is -0.844. The molecule has 10 heteroatoms. The molecule has 1 unspecified atom stereocenters. The zero-order valence-corrected chi connectivity index (χ0v) is 14.0. The Hall–Kier alpha value is -2.39. The minimum atomic E-state index is -4.70. The molecule has 1 amide bonds. The Morgan fingerprint density at radius 1 is 1.28 bits per heavy atom. The fourth-order valence-electron chi connectivity index (χ4n) is 2.79. The van der Waals surface area contributed by atoms with Gasteiger partial charge in [0.15, 0.2) is 11.5 Å². The number of aromatic nitrogens is 3. The predicted molar refractivity (Wildman–Crippen MR) is 79.9 cm³/mol. The SMILES string of the molecule is CC(C)(C)OC(=O)N1CC(C)(C(F)(F)F)c2c1cnc1c(F)cnn21. The number of hydrogen-bond acceptors (Lipinski definition) is 4. The van der Waals surface area contributed by atoms with Crippen molar-refractivity contribution in [3.63, 3.8) is 0 Å². The lowest BCUT2D eigenvalue weighted by molar-refractivity contribution is -0.181. The maximum absolute atomic E-state index is 13.8. The van der Waals surface area contributed by atoms with Crippen LogP contribution in [0.2, 0.25) is 0 Å². The quantitative estimate of drug-likeness (QED) is 0.676. The molecular weight excluding hydrogens is 344 g/mol. The Bertz CT molecular complexity index is 856. The van der Waals surface area contributed by atoms with Crippen molar-refractivity contribution in [1.82, 2.24) is 14.6 Å². The van der Waals surface area contributed by atoms with E-state index in [0.29, 0.717) is 0 Å².